The molecule has 5 heteroatoms. The van der Waals surface area contributed by atoms with Gasteiger partial charge in [-0.05, 0) is 29.7 Å². The number of likely N-dealkylation sites (tertiary alicyclic amines) is 1. The molecule has 0 aliphatic carbocycles. The van der Waals surface area contributed by atoms with Gasteiger partial charge in [-0.1, -0.05) is 30.3 Å². The molecule has 3 heterocycles. The molecule has 0 radical (unpaired) electrons. The van der Waals surface area contributed by atoms with Crippen molar-refractivity contribution in [1.29, 1.82) is 0 Å². The predicted molar refractivity (Wildman–Crippen MR) is 93.3 cm³/mol. The minimum absolute atomic E-state index is 0.0107. The normalized spacial score (nSPS) is 25.4. The van der Waals surface area contributed by atoms with Crippen molar-refractivity contribution in [3.63, 3.8) is 0 Å². The van der Waals surface area contributed by atoms with Crippen molar-refractivity contribution in [3.8, 4) is 0 Å². The number of carbonyl (C=O) groups is 2. The molecule has 1 aromatic heterocycles. The molecule has 2 aliphatic rings. The van der Waals surface area contributed by atoms with Crippen LogP contribution in [0.5, 0.6) is 0 Å². The Balaban J connectivity index is 1.64. The highest BCUT2D eigenvalue weighted by Gasteiger charge is 2.46. The van der Waals surface area contributed by atoms with Crippen molar-refractivity contribution < 1.29 is 9.59 Å². The first kappa shape index (κ1) is 15.8. The van der Waals surface area contributed by atoms with Crippen molar-refractivity contribution in [2.75, 3.05) is 7.05 Å². The smallest absolute Gasteiger partial charge is 0.229 e. The summed E-state index contributed by atoms with van der Waals surface area (Å²) in [4.78, 5) is 33.4. The average molecular weight is 335 g/mol. The number of rotatable bonds is 2. The molecule has 4 rings (SSSR count). The van der Waals surface area contributed by atoms with Gasteiger partial charge < -0.3 is 9.80 Å². The molecule has 3 atom stereocenters. The van der Waals surface area contributed by atoms with Crippen molar-refractivity contribution in [2.45, 2.75) is 32.0 Å². The maximum Gasteiger partial charge on any atom is 0.229 e. The lowest BCUT2D eigenvalue weighted by atomic mass is 9.93. The van der Waals surface area contributed by atoms with Crippen LogP contribution in [0.1, 0.15) is 42.1 Å². The molecule has 0 bridgehead atoms. The SMILES string of the molecule is CC1c2ccccc2CN1C(=O)[C@@H]1CC(=O)N(C)[C@H]1c1cccnc1. The second-order valence-corrected chi connectivity index (χ2v) is 6.89. The van der Waals surface area contributed by atoms with Crippen molar-refractivity contribution in [2.24, 2.45) is 5.92 Å². The summed E-state index contributed by atoms with van der Waals surface area (Å²) >= 11 is 0. The van der Waals surface area contributed by atoms with Crippen molar-refractivity contribution in [3.05, 3.63) is 65.5 Å². The third-order valence-electron chi connectivity index (χ3n) is 5.53. The van der Waals surface area contributed by atoms with Gasteiger partial charge in [0.2, 0.25) is 11.8 Å². The van der Waals surface area contributed by atoms with Gasteiger partial charge in [-0.25, -0.2) is 0 Å². The molecule has 1 fully saturated rings. The third-order valence-corrected chi connectivity index (χ3v) is 5.53. The van der Waals surface area contributed by atoms with E-state index in [0.29, 0.717) is 6.54 Å². The molecule has 0 spiro atoms. The van der Waals surface area contributed by atoms with Crippen LogP contribution in [-0.4, -0.2) is 33.6 Å². The third kappa shape index (κ3) is 2.51. The van der Waals surface area contributed by atoms with Gasteiger partial charge in [0, 0.05) is 32.4 Å². The lowest BCUT2D eigenvalue weighted by Gasteiger charge is -2.29. The van der Waals surface area contributed by atoms with Gasteiger partial charge in [0.15, 0.2) is 0 Å². The van der Waals surface area contributed by atoms with Crippen LogP contribution < -0.4 is 0 Å². The lowest BCUT2D eigenvalue weighted by Crippen LogP contribution is -2.36. The number of carbonyl (C=O) groups excluding carboxylic acids is 2. The Kier molecular flexibility index (Phi) is 3.79. The van der Waals surface area contributed by atoms with E-state index >= 15 is 0 Å². The quantitative estimate of drug-likeness (QED) is 0.848. The molecule has 5 nitrogen and oxygen atoms in total. The largest absolute Gasteiger partial charge is 0.338 e. The van der Waals surface area contributed by atoms with E-state index in [-0.39, 0.29) is 36.2 Å². The number of hydrogen-bond donors (Lipinski definition) is 0. The molecule has 1 saturated heterocycles. The van der Waals surface area contributed by atoms with Gasteiger partial charge in [-0.2, -0.15) is 0 Å². The zero-order valence-electron chi connectivity index (χ0n) is 14.4. The zero-order valence-corrected chi connectivity index (χ0v) is 14.4. The standard InChI is InChI=1S/C20H21N3O2/c1-13-16-8-4-3-6-15(16)12-23(13)20(25)17-10-18(24)22(2)19(17)14-7-5-9-21-11-14/h3-9,11,13,17,19H,10,12H2,1-2H3/t13?,17-,19+/m1/s1. The fourth-order valence-corrected chi connectivity index (χ4v) is 4.15. The minimum Gasteiger partial charge on any atom is -0.338 e. The van der Waals surface area contributed by atoms with E-state index < -0.39 is 0 Å². The van der Waals surface area contributed by atoms with Crippen LogP contribution in [0.25, 0.3) is 0 Å². The molecular formula is C20H21N3O2. The molecule has 2 aromatic rings. The maximum absolute atomic E-state index is 13.3. The van der Waals surface area contributed by atoms with Gasteiger partial charge in [0.25, 0.3) is 0 Å². The van der Waals surface area contributed by atoms with E-state index in [2.05, 4.69) is 24.0 Å². The summed E-state index contributed by atoms with van der Waals surface area (Å²) < 4.78 is 0. The Labute approximate surface area is 147 Å². The Hall–Kier alpha value is -2.69. The lowest BCUT2D eigenvalue weighted by molar-refractivity contribution is -0.138. The van der Waals surface area contributed by atoms with Gasteiger partial charge in [-0.15, -0.1) is 0 Å². The van der Waals surface area contributed by atoms with E-state index in [9.17, 15) is 9.59 Å². The van der Waals surface area contributed by atoms with Gasteiger partial charge >= 0.3 is 0 Å². The van der Waals surface area contributed by atoms with Crippen LogP contribution in [0.2, 0.25) is 0 Å². The summed E-state index contributed by atoms with van der Waals surface area (Å²) in [6.45, 7) is 2.67. The van der Waals surface area contributed by atoms with E-state index in [1.165, 1.54) is 11.1 Å². The van der Waals surface area contributed by atoms with E-state index in [1.54, 1.807) is 24.3 Å². The summed E-state index contributed by atoms with van der Waals surface area (Å²) in [7, 11) is 1.77. The van der Waals surface area contributed by atoms with E-state index in [0.717, 1.165) is 5.56 Å². The second kappa shape index (κ2) is 5.99. The van der Waals surface area contributed by atoms with Gasteiger partial charge in [0.05, 0.1) is 18.0 Å². The molecule has 2 amide bonds. The van der Waals surface area contributed by atoms with E-state index in [4.69, 9.17) is 0 Å². The summed E-state index contributed by atoms with van der Waals surface area (Å²) in [5, 5.41) is 0. The molecule has 2 aliphatic heterocycles. The van der Waals surface area contributed by atoms with Crippen LogP contribution >= 0.6 is 0 Å². The Morgan fingerprint density at radius 1 is 1.20 bits per heavy atom. The maximum atomic E-state index is 13.3. The fraction of sp³-hybridized carbons (Fsp3) is 0.350. The molecular weight excluding hydrogens is 314 g/mol. The van der Waals surface area contributed by atoms with Crippen LogP contribution in [0.4, 0.5) is 0 Å². The molecule has 0 N–H and O–H groups in total. The number of aromatic nitrogens is 1. The van der Waals surface area contributed by atoms with Crippen LogP contribution in [-0.2, 0) is 16.1 Å². The topological polar surface area (TPSA) is 53.5 Å². The summed E-state index contributed by atoms with van der Waals surface area (Å²) in [5.74, 6) is -0.301. The zero-order chi connectivity index (χ0) is 17.6. The molecule has 1 unspecified atom stereocenters. The number of benzene rings is 1. The number of nitrogens with zero attached hydrogens (tertiary/aromatic N) is 3. The monoisotopic (exact) mass is 335 g/mol. The second-order valence-electron chi connectivity index (χ2n) is 6.89. The highest BCUT2D eigenvalue weighted by molar-refractivity contribution is 5.90. The number of hydrogen-bond acceptors (Lipinski definition) is 3. The summed E-state index contributed by atoms with van der Waals surface area (Å²) in [5.41, 5.74) is 3.31. The molecule has 1 aromatic carbocycles. The Morgan fingerprint density at radius 2 is 2.00 bits per heavy atom. The van der Waals surface area contributed by atoms with Crippen LogP contribution in [0.3, 0.4) is 0 Å². The van der Waals surface area contributed by atoms with Crippen molar-refractivity contribution in [1.82, 2.24) is 14.8 Å². The molecule has 128 valence electrons. The number of amides is 2. The van der Waals surface area contributed by atoms with E-state index in [1.807, 2.05) is 29.2 Å². The fourth-order valence-electron chi connectivity index (χ4n) is 4.15. The summed E-state index contributed by atoms with van der Waals surface area (Å²) in [6.07, 6.45) is 3.72. The number of fused-ring (bicyclic) bond motifs is 1. The minimum atomic E-state index is -0.363. The Bertz CT molecular complexity index is 821. The highest BCUT2D eigenvalue weighted by Crippen LogP contribution is 2.41. The van der Waals surface area contributed by atoms with Crippen LogP contribution in [0, 0.1) is 5.92 Å². The average Bonchev–Trinajstić information content (AvgIpc) is 3.13. The Morgan fingerprint density at radius 3 is 2.72 bits per heavy atom. The van der Waals surface area contributed by atoms with Crippen LogP contribution in [0.15, 0.2) is 48.8 Å². The van der Waals surface area contributed by atoms with Gasteiger partial charge in [0.1, 0.15) is 0 Å². The molecule has 0 saturated carbocycles. The number of pyridine rings is 1. The first-order valence-corrected chi connectivity index (χ1v) is 8.62. The van der Waals surface area contributed by atoms with Gasteiger partial charge in [-0.3, -0.25) is 14.6 Å². The predicted octanol–water partition coefficient (Wildman–Crippen LogP) is 2.70. The first-order chi connectivity index (χ1) is 12.1. The summed E-state index contributed by atoms with van der Waals surface area (Å²) in [6, 6.07) is 11.8. The van der Waals surface area contributed by atoms with Crippen molar-refractivity contribution >= 4 is 11.8 Å². The molecule has 25 heavy (non-hydrogen) atoms. The highest BCUT2D eigenvalue weighted by atomic mass is 16.2. The first-order valence-electron chi connectivity index (χ1n) is 8.62.